The number of carbonyl (C=O) groups is 2. The van der Waals surface area contributed by atoms with Crippen molar-refractivity contribution in [1.29, 1.82) is 0 Å². The maximum atomic E-state index is 13.4. The number of hydrogen-bond donors (Lipinski definition) is 1. The lowest BCUT2D eigenvalue weighted by molar-refractivity contribution is -0.134. The minimum absolute atomic E-state index is 0.00459. The van der Waals surface area contributed by atoms with Gasteiger partial charge in [0.25, 0.3) is 5.91 Å². The van der Waals surface area contributed by atoms with Crippen LogP contribution in [0.5, 0.6) is 5.75 Å². The summed E-state index contributed by atoms with van der Waals surface area (Å²) >= 11 is 3.42. The van der Waals surface area contributed by atoms with Crippen molar-refractivity contribution < 1.29 is 14.3 Å². The Kier molecular flexibility index (Phi) is 7.88. The highest BCUT2D eigenvalue weighted by Crippen LogP contribution is 2.34. The van der Waals surface area contributed by atoms with Crippen molar-refractivity contribution in [2.75, 3.05) is 32.2 Å². The Balaban J connectivity index is 1.41. The Morgan fingerprint density at radius 3 is 2.64 bits per heavy atom. The molecular weight excluding hydrogens is 454 g/mol. The predicted octanol–water partition coefficient (Wildman–Crippen LogP) is 4.56. The fourth-order valence-electron chi connectivity index (χ4n) is 4.19. The third-order valence-corrected chi connectivity index (χ3v) is 7.87. The zero-order valence-corrected chi connectivity index (χ0v) is 20.6. The van der Waals surface area contributed by atoms with Crippen molar-refractivity contribution in [1.82, 2.24) is 15.2 Å². The summed E-state index contributed by atoms with van der Waals surface area (Å²) in [6, 6.07) is 14.7. The number of benzene rings is 2. The molecule has 1 aliphatic heterocycles. The molecule has 33 heavy (non-hydrogen) atoms. The van der Waals surface area contributed by atoms with Crippen LogP contribution in [-0.2, 0) is 4.79 Å². The quantitative estimate of drug-likeness (QED) is 0.508. The van der Waals surface area contributed by atoms with Crippen molar-refractivity contribution in [3.8, 4) is 5.75 Å². The molecule has 8 heteroatoms. The normalized spacial score (nSPS) is 15.4. The van der Waals surface area contributed by atoms with Crippen LogP contribution in [0.3, 0.4) is 0 Å². The lowest BCUT2D eigenvalue weighted by atomic mass is 9.96. The predicted molar refractivity (Wildman–Crippen MR) is 135 cm³/mol. The van der Waals surface area contributed by atoms with Gasteiger partial charge in [-0.1, -0.05) is 24.3 Å². The summed E-state index contributed by atoms with van der Waals surface area (Å²) in [4.78, 5) is 33.0. The molecule has 0 bridgehead atoms. The summed E-state index contributed by atoms with van der Waals surface area (Å²) in [5, 5.41) is 4.13. The Labute approximate surface area is 202 Å². The average Bonchev–Trinajstić information content (AvgIpc) is 3.30. The second kappa shape index (κ2) is 11.0. The number of methoxy groups -OCH3 is 1. The lowest BCUT2D eigenvalue weighted by Gasteiger charge is -2.34. The maximum Gasteiger partial charge on any atom is 0.255 e. The first kappa shape index (κ1) is 23.6. The molecule has 0 spiro atoms. The van der Waals surface area contributed by atoms with Gasteiger partial charge < -0.3 is 15.0 Å². The largest absolute Gasteiger partial charge is 0.496 e. The second-order valence-electron chi connectivity index (χ2n) is 8.13. The number of likely N-dealkylation sites (tertiary alicyclic amines) is 1. The Morgan fingerprint density at radius 2 is 1.91 bits per heavy atom. The van der Waals surface area contributed by atoms with E-state index < -0.39 is 6.04 Å². The molecule has 2 aromatic carbocycles. The number of rotatable bonds is 8. The lowest BCUT2D eigenvalue weighted by Crippen LogP contribution is -2.50. The zero-order chi connectivity index (χ0) is 23.2. The van der Waals surface area contributed by atoms with E-state index in [9.17, 15) is 9.59 Å². The van der Waals surface area contributed by atoms with Gasteiger partial charge in [-0.2, -0.15) is 11.8 Å². The van der Waals surface area contributed by atoms with Gasteiger partial charge in [0.1, 0.15) is 11.8 Å². The summed E-state index contributed by atoms with van der Waals surface area (Å²) in [5.41, 5.74) is 1.49. The highest BCUT2D eigenvalue weighted by molar-refractivity contribution is 7.98. The van der Waals surface area contributed by atoms with Crippen LogP contribution in [0.4, 0.5) is 0 Å². The summed E-state index contributed by atoms with van der Waals surface area (Å²) < 4.78 is 6.53. The van der Waals surface area contributed by atoms with Gasteiger partial charge >= 0.3 is 0 Å². The molecule has 1 saturated heterocycles. The monoisotopic (exact) mass is 483 g/mol. The summed E-state index contributed by atoms with van der Waals surface area (Å²) in [6.07, 6.45) is 4.38. The summed E-state index contributed by atoms with van der Waals surface area (Å²) in [5.74, 6) is 1.39. The van der Waals surface area contributed by atoms with Gasteiger partial charge in [-0.25, -0.2) is 4.98 Å². The van der Waals surface area contributed by atoms with E-state index in [1.54, 1.807) is 41.3 Å². The number of carbonyl (C=O) groups excluding carboxylic acids is 2. The van der Waals surface area contributed by atoms with Crippen molar-refractivity contribution in [3.05, 3.63) is 59.1 Å². The van der Waals surface area contributed by atoms with Gasteiger partial charge in [0.2, 0.25) is 5.91 Å². The number of amides is 2. The molecule has 1 aliphatic rings. The number of fused-ring (bicyclic) bond motifs is 1. The Bertz CT molecular complexity index is 1080. The van der Waals surface area contributed by atoms with E-state index in [1.165, 1.54) is 11.8 Å². The SMILES string of the molecule is COc1ccccc1C(=O)NC(CCSC)C(=O)N1CCC(c2nc3ccccc3s2)CC1. The molecule has 0 aliphatic carbocycles. The molecule has 1 fully saturated rings. The van der Waals surface area contributed by atoms with Gasteiger partial charge in [0.15, 0.2) is 0 Å². The van der Waals surface area contributed by atoms with E-state index >= 15 is 0 Å². The third kappa shape index (κ3) is 5.50. The van der Waals surface area contributed by atoms with Crippen molar-refractivity contribution >= 4 is 45.1 Å². The standard InChI is InChI=1S/C25H29N3O3S2/c1-31-21-9-5-3-7-18(21)23(29)26-20(13-16-32-2)25(30)28-14-11-17(12-15-28)24-27-19-8-4-6-10-22(19)33-24/h3-10,17,20H,11-16H2,1-2H3,(H,26,29). The minimum Gasteiger partial charge on any atom is -0.496 e. The van der Waals surface area contributed by atoms with Gasteiger partial charge in [-0.15, -0.1) is 11.3 Å². The number of hydrogen-bond acceptors (Lipinski definition) is 6. The molecule has 6 nitrogen and oxygen atoms in total. The zero-order valence-electron chi connectivity index (χ0n) is 19.0. The number of thiazole rings is 1. The second-order valence-corrected chi connectivity index (χ2v) is 10.2. The first-order valence-electron chi connectivity index (χ1n) is 11.2. The molecule has 1 aromatic heterocycles. The van der Waals surface area contributed by atoms with Crippen LogP contribution in [0.2, 0.25) is 0 Å². The van der Waals surface area contributed by atoms with Crippen LogP contribution in [-0.4, -0.2) is 59.9 Å². The van der Waals surface area contributed by atoms with Gasteiger partial charge in [-0.3, -0.25) is 9.59 Å². The van der Waals surface area contributed by atoms with Crippen LogP contribution in [0.15, 0.2) is 48.5 Å². The molecule has 3 aromatic rings. The maximum absolute atomic E-state index is 13.4. The fraction of sp³-hybridized carbons (Fsp3) is 0.400. The van der Waals surface area contributed by atoms with E-state index in [-0.39, 0.29) is 11.8 Å². The topological polar surface area (TPSA) is 71.5 Å². The number of nitrogens with zero attached hydrogens (tertiary/aromatic N) is 2. The molecule has 0 radical (unpaired) electrons. The van der Waals surface area contributed by atoms with Crippen molar-refractivity contribution in [2.24, 2.45) is 0 Å². The molecule has 1 atom stereocenters. The van der Waals surface area contributed by atoms with E-state index in [0.29, 0.717) is 36.7 Å². The fourth-order valence-corrected chi connectivity index (χ4v) is 5.80. The first-order valence-corrected chi connectivity index (χ1v) is 13.4. The molecular formula is C25H29N3O3S2. The molecule has 0 saturated carbocycles. The Hall–Kier alpha value is -2.58. The van der Waals surface area contributed by atoms with E-state index in [2.05, 4.69) is 17.4 Å². The molecule has 2 amide bonds. The molecule has 4 rings (SSSR count). The third-order valence-electron chi connectivity index (χ3n) is 6.03. The summed E-state index contributed by atoms with van der Waals surface area (Å²) in [6.45, 7) is 1.36. The van der Waals surface area contributed by atoms with Crippen molar-refractivity contribution in [3.63, 3.8) is 0 Å². The Morgan fingerprint density at radius 1 is 1.18 bits per heavy atom. The van der Waals surface area contributed by atoms with Crippen LogP contribution < -0.4 is 10.1 Å². The van der Waals surface area contributed by atoms with Gasteiger partial charge in [0, 0.05) is 19.0 Å². The summed E-state index contributed by atoms with van der Waals surface area (Å²) in [7, 11) is 1.54. The minimum atomic E-state index is -0.547. The highest BCUT2D eigenvalue weighted by atomic mass is 32.2. The molecule has 174 valence electrons. The smallest absolute Gasteiger partial charge is 0.255 e. The average molecular weight is 484 g/mol. The number of nitrogens with one attached hydrogen (secondary N) is 1. The number of ether oxygens (including phenoxy) is 1. The van der Waals surface area contributed by atoms with E-state index in [1.807, 2.05) is 29.4 Å². The van der Waals surface area contributed by atoms with Gasteiger partial charge in [-0.05, 0) is 55.5 Å². The number of para-hydroxylation sites is 2. The molecule has 2 heterocycles. The number of piperidine rings is 1. The highest BCUT2D eigenvalue weighted by Gasteiger charge is 2.31. The number of thioether (sulfide) groups is 1. The van der Waals surface area contributed by atoms with E-state index in [4.69, 9.17) is 9.72 Å². The van der Waals surface area contributed by atoms with Crippen LogP contribution in [0.25, 0.3) is 10.2 Å². The van der Waals surface area contributed by atoms with Crippen LogP contribution >= 0.6 is 23.1 Å². The van der Waals surface area contributed by atoms with E-state index in [0.717, 1.165) is 29.1 Å². The van der Waals surface area contributed by atoms with Gasteiger partial charge in [0.05, 0.1) is 27.9 Å². The van der Waals surface area contributed by atoms with Crippen LogP contribution in [0, 0.1) is 0 Å². The first-order chi connectivity index (χ1) is 16.1. The molecule has 1 unspecified atom stereocenters. The van der Waals surface area contributed by atoms with Crippen LogP contribution in [0.1, 0.15) is 40.5 Å². The number of aromatic nitrogens is 1. The molecule has 1 N–H and O–H groups in total. The van der Waals surface area contributed by atoms with Crippen molar-refractivity contribution in [2.45, 2.75) is 31.2 Å².